The van der Waals surface area contributed by atoms with Gasteiger partial charge in [-0.05, 0) is 48.5 Å². The van der Waals surface area contributed by atoms with Gasteiger partial charge >= 0.3 is 23.9 Å². The first kappa shape index (κ1) is 34.0. The molecule has 4 rings (SSSR count). The summed E-state index contributed by atoms with van der Waals surface area (Å²) < 4.78 is 22.6. The molecule has 0 amide bonds. The summed E-state index contributed by atoms with van der Waals surface area (Å²) in [5.74, 6) is -2.96. The van der Waals surface area contributed by atoms with E-state index < -0.39 is 55.7 Å². The van der Waals surface area contributed by atoms with Crippen LogP contribution in [0.25, 0.3) is 0 Å². The van der Waals surface area contributed by atoms with Crippen molar-refractivity contribution >= 4 is 74.4 Å². The molecule has 0 aliphatic rings. The lowest BCUT2D eigenvalue weighted by molar-refractivity contribution is -0.0644. The Kier molecular flexibility index (Phi) is 12.1. The van der Waals surface area contributed by atoms with Crippen molar-refractivity contribution in [2.75, 3.05) is 26.4 Å². The summed E-state index contributed by atoms with van der Waals surface area (Å²) in [5, 5.41) is 0. The molecule has 0 N–H and O–H groups in total. The first-order valence-electron chi connectivity index (χ1n) is 13.4. The summed E-state index contributed by atoms with van der Waals surface area (Å²) >= 11 is 17.3. The maximum atomic E-state index is 13.1. The van der Waals surface area contributed by atoms with E-state index in [1.165, 1.54) is 24.3 Å². The van der Waals surface area contributed by atoms with E-state index in [9.17, 15) is 19.2 Å². The van der Waals surface area contributed by atoms with E-state index in [1.807, 2.05) is 0 Å². The minimum atomic E-state index is -1.55. The number of benzene rings is 4. The molecule has 8 nitrogen and oxygen atoms in total. The summed E-state index contributed by atoms with van der Waals surface area (Å²) in [7, 11) is 0. The second-order valence-corrected chi connectivity index (χ2v) is 11.8. The largest absolute Gasteiger partial charge is 0.461 e. The summed E-state index contributed by atoms with van der Waals surface area (Å²) in [5.41, 5.74) is -0.837. The molecule has 4 aromatic rings. The maximum Gasteiger partial charge on any atom is 0.339 e. The number of carbonyl (C=O) groups is 4. The molecule has 4 aromatic carbocycles. The normalized spacial score (nSPS) is 10.9. The molecule has 0 saturated heterocycles. The van der Waals surface area contributed by atoms with Crippen molar-refractivity contribution in [3.05, 3.63) is 119 Å². The average Bonchev–Trinajstić information content (AvgIpc) is 3.04. The summed E-state index contributed by atoms with van der Waals surface area (Å²) in [6, 6.07) is 26.0. The van der Waals surface area contributed by atoms with E-state index >= 15 is 0 Å². The Bertz CT molecular complexity index is 1460. The van der Waals surface area contributed by atoms with E-state index in [4.69, 9.17) is 18.9 Å². The van der Waals surface area contributed by atoms with Crippen LogP contribution in [0.1, 0.15) is 41.4 Å². The lowest BCUT2D eigenvalue weighted by Crippen LogP contribution is -2.44. The Labute approximate surface area is 282 Å². The molecule has 12 heteroatoms. The second-order valence-electron chi connectivity index (χ2n) is 9.87. The smallest absolute Gasteiger partial charge is 0.339 e. The van der Waals surface area contributed by atoms with Gasteiger partial charge in [-0.3, -0.25) is 0 Å². The average molecular weight is 681 g/mol. The van der Waals surface area contributed by atoms with Gasteiger partial charge in [-0.2, -0.15) is 0 Å². The fourth-order valence-corrected chi connectivity index (χ4v) is 5.03. The van der Waals surface area contributed by atoms with Gasteiger partial charge in [-0.15, -0.1) is 50.5 Å². The molecular formula is C33H28O8S4. The van der Waals surface area contributed by atoms with Gasteiger partial charge in [0.1, 0.15) is 31.8 Å². The van der Waals surface area contributed by atoms with Gasteiger partial charge in [0, 0.05) is 19.6 Å². The summed E-state index contributed by atoms with van der Waals surface area (Å²) in [4.78, 5) is 53.9. The Hall–Kier alpha value is -3.84. The van der Waals surface area contributed by atoms with E-state index in [1.54, 1.807) is 72.8 Å². The molecule has 0 atom stereocenters. The number of thiol groups is 4. The molecular weight excluding hydrogens is 653 g/mol. The van der Waals surface area contributed by atoms with Crippen molar-refractivity contribution in [2.24, 2.45) is 5.41 Å². The van der Waals surface area contributed by atoms with Gasteiger partial charge in [0.25, 0.3) is 0 Å². The molecule has 0 fully saturated rings. The Morgan fingerprint density at radius 3 is 0.800 bits per heavy atom. The highest BCUT2D eigenvalue weighted by molar-refractivity contribution is 7.81. The van der Waals surface area contributed by atoms with Gasteiger partial charge < -0.3 is 18.9 Å². The Morgan fingerprint density at radius 2 is 0.600 bits per heavy atom. The predicted molar refractivity (Wildman–Crippen MR) is 178 cm³/mol. The van der Waals surface area contributed by atoms with Gasteiger partial charge in [0.15, 0.2) is 0 Å². The monoisotopic (exact) mass is 680 g/mol. The van der Waals surface area contributed by atoms with Crippen LogP contribution in [0.4, 0.5) is 0 Å². The van der Waals surface area contributed by atoms with Crippen LogP contribution in [0.3, 0.4) is 0 Å². The minimum absolute atomic E-state index is 0.178. The highest BCUT2D eigenvalue weighted by Crippen LogP contribution is 2.27. The summed E-state index contributed by atoms with van der Waals surface area (Å²) in [6.07, 6.45) is 0. The molecule has 0 aromatic heterocycles. The topological polar surface area (TPSA) is 105 Å². The van der Waals surface area contributed by atoms with Gasteiger partial charge in [-0.25, -0.2) is 19.2 Å². The van der Waals surface area contributed by atoms with Crippen LogP contribution in [0, 0.1) is 5.41 Å². The van der Waals surface area contributed by atoms with E-state index in [-0.39, 0.29) is 22.3 Å². The number of rotatable bonds is 12. The number of esters is 4. The summed E-state index contributed by atoms with van der Waals surface area (Å²) in [6.45, 7) is -1.91. The standard InChI is InChI=1S/C33H28O8S4/c34-29(21-9-1-5-13-25(21)42)38-17-33(18-39-30(35)22-10-2-6-14-26(22)43,19-40-31(36)23-11-3-7-15-27(23)44)20-41-32(37)24-12-4-8-16-28(24)45/h1-16,42-45H,17-20H2. The fourth-order valence-electron chi connectivity index (χ4n) is 4.02. The molecule has 0 unspecified atom stereocenters. The van der Waals surface area contributed by atoms with Crippen LogP contribution in [-0.2, 0) is 18.9 Å². The van der Waals surface area contributed by atoms with Crippen molar-refractivity contribution in [1.82, 2.24) is 0 Å². The van der Waals surface area contributed by atoms with E-state index in [0.717, 1.165) is 0 Å². The lowest BCUT2D eigenvalue weighted by atomic mass is 9.92. The van der Waals surface area contributed by atoms with Crippen LogP contribution in [-0.4, -0.2) is 50.3 Å². The number of hydrogen-bond acceptors (Lipinski definition) is 12. The van der Waals surface area contributed by atoms with Crippen molar-refractivity contribution < 1.29 is 38.1 Å². The van der Waals surface area contributed by atoms with Gasteiger partial charge in [-0.1, -0.05) is 48.5 Å². The van der Waals surface area contributed by atoms with Crippen LogP contribution >= 0.6 is 50.5 Å². The molecule has 0 saturated carbocycles. The molecule has 232 valence electrons. The van der Waals surface area contributed by atoms with Crippen LogP contribution in [0.15, 0.2) is 117 Å². The zero-order valence-electron chi connectivity index (χ0n) is 23.6. The maximum absolute atomic E-state index is 13.1. The van der Waals surface area contributed by atoms with E-state index in [0.29, 0.717) is 19.6 Å². The molecule has 0 heterocycles. The lowest BCUT2D eigenvalue weighted by Gasteiger charge is -2.32. The van der Waals surface area contributed by atoms with E-state index in [2.05, 4.69) is 50.5 Å². The third-order valence-electron chi connectivity index (χ3n) is 6.53. The Balaban J connectivity index is 1.65. The quantitative estimate of drug-likeness (QED) is 0.0759. The zero-order chi connectivity index (χ0) is 32.4. The van der Waals surface area contributed by atoms with Crippen molar-refractivity contribution in [1.29, 1.82) is 0 Å². The third-order valence-corrected chi connectivity index (χ3v) is 8.09. The van der Waals surface area contributed by atoms with Crippen molar-refractivity contribution in [3.63, 3.8) is 0 Å². The highest BCUT2D eigenvalue weighted by atomic mass is 32.1. The molecule has 45 heavy (non-hydrogen) atoms. The van der Waals surface area contributed by atoms with Crippen LogP contribution < -0.4 is 0 Å². The van der Waals surface area contributed by atoms with Crippen LogP contribution in [0.5, 0.6) is 0 Å². The molecule has 0 bridgehead atoms. The minimum Gasteiger partial charge on any atom is -0.461 e. The van der Waals surface area contributed by atoms with Crippen molar-refractivity contribution in [3.8, 4) is 0 Å². The van der Waals surface area contributed by atoms with Crippen LogP contribution in [0.2, 0.25) is 0 Å². The van der Waals surface area contributed by atoms with Gasteiger partial charge in [0.2, 0.25) is 0 Å². The first-order valence-corrected chi connectivity index (χ1v) is 15.2. The molecule has 0 spiro atoms. The number of hydrogen-bond donors (Lipinski definition) is 4. The zero-order valence-corrected chi connectivity index (χ0v) is 27.2. The number of carbonyl (C=O) groups excluding carboxylic acids is 4. The Morgan fingerprint density at radius 1 is 0.400 bits per heavy atom. The fraction of sp³-hybridized carbons (Fsp3) is 0.152. The molecule has 0 radical (unpaired) electrons. The SMILES string of the molecule is O=C(OCC(COC(=O)c1ccccc1S)(COC(=O)c1ccccc1S)COC(=O)c1ccccc1S)c1ccccc1S. The second kappa shape index (κ2) is 15.9. The first-order chi connectivity index (χ1) is 21.6. The third kappa shape index (κ3) is 9.10. The molecule has 0 aliphatic heterocycles. The molecule has 0 aliphatic carbocycles. The highest BCUT2D eigenvalue weighted by Gasteiger charge is 2.39. The number of ether oxygens (including phenoxy) is 4. The van der Waals surface area contributed by atoms with Crippen molar-refractivity contribution in [2.45, 2.75) is 19.6 Å². The predicted octanol–water partition coefficient (Wildman–Crippen LogP) is 6.56. The van der Waals surface area contributed by atoms with Gasteiger partial charge in [0.05, 0.1) is 22.3 Å².